The number of fused-ring (bicyclic) bond motifs is 1. The fourth-order valence-corrected chi connectivity index (χ4v) is 1.45. The molecule has 0 aromatic heterocycles. The third-order valence-electron chi connectivity index (χ3n) is 1.87. The Labute approximate surface area is 82.1 Å². The molecule has 1 aliphatic rings. The fraction of sp³-hybridized carbons (Fsp3) is 0.200. The lowest BCUT2D eigenvalue weighted by Gasteiger charge is -2.09. The first-order valence-corrected chi connectivity index (χ1v) is 4.55. The summed E-state index contributed by atoms with van der Waals surface area (Å²) in [7, 11) is 0. The van der Waals surface area contributed by atoms with E-state index in [0.29, 0.717) is 0 Å². The second-order valence-electron chi connectivity index (χ2n) is 3.27. The molecule has 1 unspecified atom stereocenters. The summed E-state index contributed by atoms with van der Waals surface area (Å²) in [6, 6.07) is 7.90. The van der Waals surface area contributed by atoms with Gasteiger partial charge in [0.25, 0.3) is 0 Å². The second-order valence-corrected chi connectivity index (χ2v) is 4.24. The van der Waals surface area contributed by atoms with Crippen molar-refractivity contribution in [1.82, 2.24) is 0 Å². The summed E-state index contributed by atoms with van der Waals surface area (Å²) in [5.41, 5.74) is 0. The van der Waals surface area contributed by atoms with Crippen LogP contribution in [0.5, 0.6) is 0 Å². The molecule has 0 saturated heterocycles. The van der Waals surface area contributed by atoms with Crippen molar-refractivity contribution < 1.29 is 0 Å². The predicted octanol–water partition coefficient (Wildman–Crippen LogP) is 0.775. The summed E-state index contributed by atoms with van der Waals surface area (Å²) in [5.74, 6) is 0. The van der Waals surface area contributed by atoms with Crippen molar-refractivity contribution in [2.45, 2.75) is 11.7 Å². The molecule has 3 heteroatoms. The minimum atomic E-state index is -0.309. The van der Waals surface area contributed by atoms with E-state index in [1.807, 2.05) is 37.3 Å². The van der Waals surface area contributed by atoms with E-state index >= 15 is 0 Å². The van der Waals surface area contributed by atoms with Crippen LogP contribution in [0.2, 0.25) is 0 Å². The van der Waals surface area contributed by atoms with Crippen molar-refractivity contribution in [2.75, 3.05) is 0 Å². The molecule has 0 spiro atoms. The highest BCUT2D eigenvalue weighted by Crippen LogP contribution is 2.12. The highest BCUT2D eigenvalue weighted by molar-refractivity contribution is 7.83. The Kier molecular flexibility index (Phi) is 1.96. The van der Waals surface area contributed by atoms with Crippen LogP contribution in [-0.2, 0) is 0 Å². The Morgan fingerprint density at radius 2 is 2.08 bits per heavy atom. The molecule has 1 aromatic carbocycles. The normalized spacial score (nSPS) is 25.4. The number of hydrogen-bond donors (Lipinski definition) is 1. The smallest absolute Gasteiger partial charge is 0.0926 e. The molecule has 0 radical (unpaired) electrons. The van der Waals surface area contributed by atoms with Crippen LogP contribution in [0.3, 0.4) is 0 Å². The largest absolute Gasteiger partial charge is 0.163 e. The summed E-state index contributed by atoms with van der Waals surface area (Å²) < 4.78 is -0.309. The van der Waals surface area contributed by atoms with Gasteiger partial charge in [-0.1, -0.05) is 24.3 Å². The molecular formula is C10H10N2S. The van der Waals surface area contributed by atoms with E-state index in [1.54, 1.807) is 6.21 Å². The van der Waals surface area contributed by atoms with Crippen molar-refractivity contribution in [2.24, 2.45) is 10.2 Å². The molecular weight excluding hydrogens is 180 g/mol. The molecule has 0 saturated carbocycles. The summed E-state index contributed by atoms with van der Waals surface area (Å²) >= 11 is 4.45. The van der Waals surface area contributed by atoms with Gasteiger partial charge in [-0.15, -0.1) is 0 Å². The Hall–Kier alpha value is -1.09. The first-order chi connectivity index (χ1) is 6.17. The minimum Gasteiger partial charge on any atom is -0.163 e. The molecule has 1 aromatic rings. The molecule has 0 aliphatic carbocycles. The standard InChI is InChI=1S/C10H10N2S/c1-10(13)6-8-4-2-3-5-9(8)12-11-7-10/h2-7,13H,1H3. The number of rotatable bonds is 0. The lowest BCUT2D eigenvalue weighted by molar-refractivity contribution is 1.11. The average Bonchev–Trinajstić information content (AvgIpc) is 2.21. The fourth-order valence-electron chi connectivity index (χ4n) is 1.26. The van der Waals surface area contributed by atoms with Gasteiger partial charge in [-0.3, -0.25) is 0 Å². The quantitative estimate of drug-likeness (QED) is 0.585. The molecule has 2 nitrogen and oxygen atoms in total. The predicted molar refractivity (Wildman–Crippen MR) is 57.6 cm³/mol. The maximum Gasteiger partial charge on any atom is 0.0926 e. The van der Waals surface area contributed by atoms with Crippen LogP contribution in [0.4, 0.5) is 0 Å². The summed E-state index contributed by atoms with van der Waals surface area (Å²) in [5, 5.41) is 10.0. The third kappa shape index (κ3) is 1.80. The van der Waals surface area contributed by atoms with Gasteiger partial charge in [-0.25, -0.2) is 0 Å². The topological polar surface area (TPSA) is 24.7 Å². The Morgan fingerprint density at radius 1 is 1.31 bits per heavy atom. The third-order valence-corrected chi connectivity index (χ3v) is 2.11. The van der Waals surface area contributed by atoms with Crippen LogP contribution >= 0.6 is 12.6 Å². The zero-order valence-corrected chi connectivity index (χ0v) is 8.20. The van der Waals surface area contributed by atoms with Crippen molar-refractivity contribution in [3.8, 4) is 0 Å². The van der Waals surface area contributed by atoms with Crippen LogP contribution in [0.15, 0.2) is 34.5 Å². The van der Waals surface area contributed by atoms with Gasteiger partial charge in [0.05, 0.1) is 10.1 Å². The van der Waals surface area contributed by atoms with Gasteiger partial charge < -0.3 is 0 Å². The summed E-state index contributed by atoms with van der Waals surface area (Å²) in [6.45, 7) is 1.98. The van der Waals surface area contributed by atoms with Gasteiger partial charge >= 0.3 is 0 Å². The van der Waals surface area contributed by atoms with E-state index in [-0.39, 0.29) is 4.75 Å². The van der Waals surface area contributed by atoms with E-state index in [4.69, 9.17) is 0 Å². The first kappa shape index (κ1) is 8.51. The molecule has 66 valence electrons. The molecule has 0 amide bonds. The van der Waals surface area contributed by atoms with E-state index in [1.165, 1.54) is 0 Å². The second kappa shape index (κ2) is 3.00. The number of thiol groups is 1. The summed E-state index contributed by atoms with van der Waals surface area (Å²) in [4.78, 5) is 0. The number of hydrogen-bond acceptors (Lipinski definition) is 3. The molecule has 1 atom stereocenters. The van der Waals surface area contributed by atoms with Crippen molar-refractivity contribution in [3.63, 3.8) is 0 Å². The number of nitrogens with zero attached hydrogens (tertiary/aromatic N) is 2. The number of benzene rings is 1. The van der Waals surface area contributed by atoms with E-state index in [0.717, 1.165) is 10.6 Å². The highest BCUT2D eigenvalue weighted by atomic mass is 32.1. The van der Waals surface area contributed by atoms with Gasteiger partial charge in [0.15, 0.2) is 0 Å². The van der Waals surface area contributed by atoms with Crippen LogP contribution in [0.1, 0.15) is 6.92 Å². The van der Waals surface area contributed by atoms with Crippen LogP contribution in [0, 0.1) is 0 Å². The zero-order valence-electron chi connectivity index (χ0n) is 7.31. The minimum absolute atomic E-state index is 0.309. The molecule has 0 fully saturated rings. The maximum atomic E-state index is 4.45. The molecule has 2 rings (SSSR count). The average molecular weight is 190 g/mol. The Balaban J connectivity index is 2.77. The molecule has 0 bridgehead atoms. The van der Waals surface area contributed by atoms with Gasteiger partial charge in [-0.2, -0.15) is 22.8 Å². The Morgan fingerprint density at radius 3 is 2.92 bits per heavy atom. The highest BCUT2D eigenvalue weighted by Gasteiger charge is 2.12. The molecule has 1 heterocycles. The first-order valence-electron chi connectivity index (χ1n) is 4.10. The van der Waals surface area contributed by atoms with Gasteiger partial charge in [0.2, 0.25) is 0 Å². The van der Waals surface area contributed by atoms with E-state index < -0.39 is 0 Å². The molecule has 13 heavy (non-hydrogen) atoms. The van der Waals surface area contributed by atoms with Gasteiger partial charge in [-0.05, 0) is 18.2 Å². The lowest BCUT2D eigenvalue weighted by atomic mass is 10.1. The lowest BCUT2D eigenvalue weighted by Crippen LogP contribution is -2.27. The van der Waals surface area contributed by atoms with Gasteiger partial charge in [0, 0.05) is 6.21 Å². The van der Waals surface area contributed by atoms with E-state index in [9.17, 15) is 0 Å². The SMILES string of the molecule is CC1(S)C=NN=c2ccccc2=C1. The van der Waals surface area contributed by atoms with Crippen molar-refractivity contribution in [3.05, 3.63) is 34.8 Å². The Bertz CT molecular complexity index is 460. The summed E-state index contributed by atoms with van der Waals surface area (Å²) in [6.07, 6.45) is 3.78. The molecule has 1 aliphatic heterocycles. The van der Waals surface area contributed by atoms with Crippen LogP contribution in [-0.4, -0.2) is 11.0 Å². The molecule has 0 N–H and O–H groups in total. The van der Waals surface area contributed by atoms with Crippen LogP contribution < -0.4 is 10.6 Å². The van der Waals surface area contributed by atoms with E-state index in [2.05, 4.69) is 22.8 Å². The monoisotopic (exact) mass is 190 g/mol. The maximum absolute atomic E-state index is 4.45. The van der Waals surface area contributed by atoms with Crippen molar-refractivity contribution in [1.29, 1.82) is 0 Å². The van der Waals surface area contributed by atoms with Crippen molar-refractivity contribution >= 4 is 24.9 Å². The zero-order chi connectivity index (χ0) is 9.31. The van der Waals surface area contributed by atoms with Gasteiger partial charge in [0.1, 0.15) is 0 Å². The van der Waals surface area contributed by atoms with Crippen LogP contribution in [0.25, 0.3) is 6.08 Å².